The largest absolute Gasteiger partial charge is 0.497 e. The molecule has 1 aliphatic rings. The maximum Gasteiger partial charge on any atom is 0.276 e. The molecule has 8 heteroatoms. The number of ether oxygens (including phenoxy) is 2. The van der Waals surface area contributed by atoms with Gasteiger partial charge < -0.3 is 23.8 Å². The quantitative estimate of drug-likeness (QED) is 0.586. The number of amides is 1. The minimum Gasteiger partial charge on any atom is -0.497 e. The second-order valence-electron chi connectivity index (χ2n) is 8.12. The Kier molecular flexibility index (Phi) is 6.53. The molecule has 0 saturated carbocycles. The van der Waals surface area contributed by atoms with Crippen molar-refractivity contribution in [1.82, 2.24) is 19.9 Å². The van der Waals surface area contributed by atoms with Gasteiger partial charge in [-0.3, -0.25) is 9.78 Å². The van der Waals surface area contributed by atoms with E-state index in [1.54, 1.807) is 12.0 Å². The highest BCUT2D eigenvalue weighted by atomic mass is 16.5. The van der Waals surface area contributed by atoms with Gasteiger partial charge in [0.25, 0.3) is 5.91 Å². The lowest BCUT2D eigenvalue weighted by molar-refractivity contribution is -0.0250. The summed E-state index contributed by atoms with van der Waals surface area (Å²) in [6, 6.07) is 11.8. The fourth-order valence-corrected chi connectivity index (χ4v) is 3.79. The number of hydrogen-bond acceptors (Lipinski definition) is 7. The molecular weight excluding hydrogens is 408 g/mol. The van der Waals surface area contributed by atoms with E-state index in [1.807, 2.05) is 68.5 Å². The van der Waals surface area contributed by atoms with E-state index in [1.165, 1.54) is 0 Å². The van der Waals surface area contributed by atoms with Gasteiger partial charge in [0.2, 0.25) is 0 Å². The van der Waals surface area contributed by atoms with Crippen molar-refractivity contribution in [1.29, 1.82) is 0 Å². The molecule has 0 radical (unpaired) electrons. The molecule has 1 fully saturated rings. The average molecular weight is 437 g/mol. The van der Waals surface area contributed by atoms with Crippen molar-refractivity contribution < 1.29 is 18.8 Å². The van der Waals surface area contributed by atoms with Crippen molar-refractivity contribution in [2.24, 2.45) is 0 Å². The molecule has 3 heterocycles. The van der Waals surface area contributed by atoms with Gasteiger partial charge in [-0.1, -0.05) is 23.4 Å². The maximum atomic E-state index is 13.2. The smallest absolute Gasteiger partial charge is 0.276 e. The number of carbonyl (C=O) groups excluding carboxylic acids is 1. The summed E-state index contributed by atoms with van der Waals surface area (Å²) in [6.07, 6.45) is 1.53. The van der Waals surface area contributed by atoms with Gasteiger partial charge in [0.1, 0.15) is 17.6 Å². The number of hydrogen-bond donors (Lipinski definition) is 0. The molecule has 0 spiro atoms. The first-order valence-electron chi connectivity index (χ1n) is 10.6. The fourth-order valence-electron chi connectivity index (χ4n) is 3.79. The third-order valence-electron chi connectivity index (χ3n) is 5.53. The standard InChI is InChI=1S/C24H28N4O4/c1-16-20(14-27(2)3)23(26-32-16)24(29)28-10-11-31-22(15-28)21-9-8-18(13-25-21)17-6-5-7-19(12-17)30-4/h5-9,12-13,22H,10-11,14-15H2,1-4H3/t22-/m1/s1. The Bertz CT molecular complexity index is 1080. The van der Waals surface area contributed by atoms with Crippen LogP contribution in [0.5, 0.6) is 5.75 Å². The molecule has 3 aromatic rings. The van der Waals surface area contributed by atoms with Gasteiger partial charge in [-0.25, -0.2) is 0 Å². The van der Waals surface area contributed by atoms with E-state index in [-0.39, 0.29) is 12.0 Å². The molecule has 2 aromatic heterocycles. The van der Waals surface area contributed by atoms with Gasteiger partial charge >= 0.3 is 0 Å². The Morgan fingerprint density at radius 2 is 2.09 bits per heavy atom. The van der Waals surface area contributed by atoms with Crippen molar-refractivity contribution in [2.45, 2.75) is 19.6 Å². The number of nitrogens with zero attached hydrogens (tertiary/aromatic N) is 4. The number of benzene rings is 1. The second-order valence-corrected chi connectivity index (χ2v) is 8.12. The summed E-state index contributed by atoms with van der Waals surface area (Å²) in [7, 11) is 5.55. The van der Waals surface area contributed by atoms with E-state index < -0.39 is 0 Å². The summed E-state index contributed by atoms with van der Waals surface area (Å²) in [4.78, 5) is 21.6. The Balaban J connectivity index is 1.49. The Labute approximate surface area is 187 Å². The summed E-state index contributed by atoms with van der Waals surface area (Å²) in [6.45, 7) is 3.79. The summed E-state index contributed by atoms with van der Waals surface area (Å²) >= 11 is 0. The molecule has 1 saturated heterocycles. The molecule has 0 aliphatic carbocycles. The summed E-state index contributed by atoms with van der Waals surface area (Å²) in [5.41, 5.74) is 4.00. The minimum absolute atomic E-state index is 0.139. The SMILES string of the molecule is COc1cccc(-c2ccc([C@H]3CN(C(=O)c4noc(C)c4CN(C)C)CCO3)nc2)c1. The van der Waals surface area contributed by atoms with Crippen molar-refractivity contribution in [3.05, 3.63) is 65.3 Å². The number of rotatable bonds is 6. The van der Waals surface area contributed by atoms with Crippen molar-refractivity contribution in [3.63, 3.8) is 0 Å². The number of methoxy groups -OCH3 is 1. The number of aromatic nitrogens is 2. The third kappa shape index (κ3) is 4.66. The van der Waals surface area contributed by atoms with Crippen LogP contribution < -0.4 is 4.74 Å². The Morgan fingerprint density at radius 3 is 2.81 bits per heavy atom. The predicted octanol–water partition coefficient (Wildman–Crippen LogP) is 3.33. The van der Waals surface area contributed by atoms with E-state index in [4.69, 9.17) is 14.0 Å². The molecule has 1 aliphatic heterocycles. The first-order chi connectivity index (χ1) is 15.5. The summed E-state index contributed by atoms with van der Waals surface area (Å²) in [5, 5.41) is 4.04. The third-order valence-corrected chi connectivity index (χ3v) is 5.53. The normalized spacial score (nSPS) is 16.4. The minimum atomic E-state index is -0.294. The van der Waals surface area contributed by atoms with Crippen LogP contribution in [0, 0.1) is 6.92 Å². The van der Waals surface area contributed by atoms with Gasteiger partial charge in [0.15, 0.2) is 5.69 Å². The van der Waals surface area contributed by atoms with Gasteiger partial charge in [0.05, 0.1) is 26.0 Å². The van der Waals surface area contributed by atoms with Crippen LogP contribution >= 0.6 is 0 Å². The van der Waals surface area contributed by atoms with Crippen LogP contribution in [0.1, 0.15) is 33.6 Å². The highest BCUT2D eigenvalue weighted by molar-refractivity contribution is 5.94. The van der Waals surface area contributed by atoms with E-state index >= 15 is 0 Å². The van der Waals surface area contributed by atoms with Crippen molar-refractivity contribution in [3.8, 4) is 16.9 Å². The zero-order valence-corrected chi connectivity index (χ0v) is 18.9. The maximum absolute atomic E-state index is 13.2. The molecule has 8 nitrogen and oxygen atoms in total. The van der Waals surface area contributed by atoms with Crippen LogP contribution in [0.15, 0.2) is 47.1 Å². The van der Waals surface area contributed by atoms with E-state index in [0.29, 0.717) is 37.7 Å². The summed E-state index contributed by atoms with van der Waals surface area (Å²) in [5.74, 6) is 1.33. The molecule has 1 aromatic carbocycles. The van der Waals surface area contributed by atoms with Crippen LogP contribution in [-0.2, 0) is 11.3 Å². The van der Waals surface area contributed by atoms with Gasteiger partial charge in [-0.15, -0.1) is 0 Å². The first kappa shape index (κ1) is 22.0. The van der Waals surface area contributed by atoms with E-state index in [0.717, 1.165) is 28.1 Å². The van der Waals surface area contributed by atoms with Gasteiger partial charge in [0, 0.05) is 30.4 Å². The highest BCUT2D eigenvalue weighted by Gasteiger charge is 2.30. The fraction of sp³-hybridized carbons (Fsp3) is 0.375. The average Bonchev–Trinajstić information content (AvgIpc) is 3.18. The topological polar surface area (TPSA) is 80.9 Å². The molecule has 0 N–H and O–H groups in total. The first-order valence-corrected chi connectivity index (χ1v) is 10.6. The van der Waals surface area contributed by atoms with Crippen LogP contribution in [0.3, 0.4) is 0 Å². The van der Waals surface area contributed by atoms with Crippen LogP contribution in [0.4, 0.5) is 0 Å². The monoisotopic (exact) mass is 436 g/mol. The lowest BCUT2D eigenvalue weighted by Gasteiger charge is -2.32. The van der Waals surface area contributed by atoms with Crippen molar-refractivity contribution in [2.75, 3.05) is 40.9 Å². The zero-order valence-electron chi connectivity index (χ0n) is 18.9. The Morgan fingerprint density at radius 1 is 1.25 bits per heavy atom. The number of morpholine rings is 1. The summed E-state index contributed by atoms with van der Waals surface area (Å²) < 4.78 is 16.6. The highest BCUT2D eigenvalue weighted by Crippen LogP contribution is 2.27. The lowest BCUT2D eigenvalue weighted by Crippen LogP contribution is -2.43. The molecule has 1 atom stereocenters. The van der Waals surface area contributed by atoms with Gasteiger partial charge in [-0.2, -0.15) is 0 Å². The van der Waals surface area contributed by atoms with Crippen LogP contribution in [0.25, 0.3) is 11.1 Å². The second kappa shape index (κ2) is 9.50. The van der Waals surface area contributed by atoms with Crippen LogP contribution in [-0.4, -0.2) is 66.7 Å². The van der Waals surface area contributed by atoms with Crippen molar-refractivity contribution >= 4 is 5.91 Å². The van der Waals surface area contributed by atoms with E-state index in [2.05, 4.69) is 10.1 Å². The number of carbonyl (C=O) groups is 1. The number of aryl methyl sites for hydroxylation is 1. The molecule has 168 valence electrons. The molecular formula is C24H28N4O4. The molecule has 0 unspecified atom stereocenters. The zero-order chi connectivity index (χ0) is 22.7. The predicted molar refractivity (Wildman–Crippen MR) is 119 cm³/mol. The Hall–Kier alpha value is -3.23. The molecule has 0 bridgehead atoms. The molecule has 4 rings (SSSR count). The van der Waals surface area contributed by atoms with Crippen LogP contribution in [0.2, 0.25) is 0 Å². The number of pyridine rings is 1. The molecule has 32 heavy (non-hydrogen) atoms. The lowest BCUT2D eigenvalue weighted by atomic mass is 10.1. The van der Waals surface area contributed by atoms with Gasteiger partial charge in [-0.05, 0) is 44.8 Å². The molecule has 1 amide bonds. The van der Waals surface area contributed by atoms with E-state index in [9.17, 15) is 4.79 Å².